The normalized spacial score (nSPS) is 10.3. The predicted molar refractivity (Wildman–Crippen MR) is 87.9 cm³/mol. The number of allylic oxidation sites excluding steroid dienone is 1. The first-order chi connectivity index (χ1) is 9.66. The number of hydrogen-bond acceptors (Lipinski definition) is 3. The molecule has 5 heteroatoms. The predicted octanol–water partition coefficient (Wildman–Crippen LogP) is 3.52. The quantitative estimate of drug-likeness (QED) is 0.243. The van der Waals surface area contributed by atoms with Gasteiger partial charge in [-0.2, -0.15) is 0 Å². The Morgan fingerprint density at radius 1 is 0.952 bits per heavy atom. The van der Waals surface area contributed by atoms with E-state index in [0.717, 1.165) is 12.8 Å². The average Bonchev–Trinajstić information content (AvgIpc) is 2.42. The van der Waals surface area contributed by atoms with E-state index in [1.54, 1.807) is 0 Å². The van der Waals surface area contributed by atoms with E-state index in [4.69, 9.17) is 9.84 Å². The molecule has 0 unspecified atom stereocenters. The summed E-state index contributed by atoms with van der Waals surface area (Å²) in [5, 5.41) is 8.40. The average molecular weight is 326 g/mol. The van der Waals surface area contributed by atoms with Crippen LogP contribution >= 0.6 is 0 Å². The third-order valence-corrected chi connectivity index (χ3v) is 3.06. The van der Waals surface area contributed by atoms with Crippen molar-refractivity contribution >= 4 is 49.7 Å². The second kappa shape index (κ2) is 18.0. The topological polar surface area (TPSA) is 63.6 Å². The van der Waals surface area contributed by atoms with Crippen molar-refractivity contribution in [3.63, 3.8) is 0 Å². The molecule has 0 radical (unpaired) electrons. The molecule has 0 fully saturated rings. The Morgan fingerprint density at radius 2 is 1.52 bits per heavy atom. The van der Waals surface area contributed by atoms with Crippen molar-refractivity contribution in [3.05, 3.63) is 12.3 Å². The van der Waals surface area contributed by atoms with Gasteiger partial charge in [-0.15, -0.1) is 0 Å². The first kappa shape index (κ1) is 23.2. The van der Waals surface area contributed by atoms with E-state index >= 15 is 0 Å². The van der Waals surface area contributed by atoms with Gasteiger partial charge in [-0.1, -0.05) is 51.9 Å². The van der Waals surface area contributed by atoms with E-state index in [1.807, 2.05) is 6.08 Å². The SMILES string of the molecule is CCCCCCCCCCC=COC(=O)CCC(=O)O.[CaH2]. The standard InChI is InChI=1S/C16H28O4.Ca.2H/c1-2-3-4-5-6-7-8-9-10-11-14-20-16(19)13-12-15(17)18;;;/h11,14H,2-10,12-13H2,1H3,(H,17,18);;;. The second-order valence-corrected chi connectivity index (χ2v) is 5.02. The van der Waals surface area contributed by atoms with Gasteiger partial charge < -0.3 is 9.84 Å². The Balaban J connectivity index is 0. The molecule has 0 aromatic rings. The van der Waals surface area contributed by atoms with Crippen LogP contribution in [0.4, 0.5) is 0 Å². The Labute approximate surface area is 158 Å². The third-order valence-electron chi connectivity index (χ3n) is 3.06. The second-order valence-electron chi connectivity index (χ2n) is 5.02. The van der Waals surface area contributed by atoms with E-state index in [1.165, 1.54) is 51.2 Å². The van der Waals surface area contributed by atoms with Crippen LogP contribution in [-0.4, -0.2) is 54.8 Å². The molecule has 4 nitrogen and oxygen atoms in total. The molecule has 120 valence electrons. The van der Waals surface area contributed by atoms with Crippen LogP contribution in [-0.2, 0) is 14.3 Å². The van der Waals surface area contributed by atoms with Crippen LogP contribution in [0, 0.1) is 0 Å². The van der Waals surface area contributed by atoms with Crippen molar-refractivity contribution in [2.24, 2.45) is 0 Å². The number of unbranched alkanes of at least 4 members (excludes halogenated alkanes) is 8. The van der Waals surface area contributed by atoms with Crippen molar-refractivity contribution < 1.29 is 19.4 Å². The van der Waals surface area contributed by atoms with Crippen LogP contribution < -0.4 is 0 Å². The van der Waals surface area contributed by atoms with Crippen LogP contribution in [0.1, 0.15) is 77.6 Å². The minimum absolute atomic E-state index is 0. The van der Waals surface area contributed by atoms with Crippen molar-refractivity contribution in [2.45, 2.75) is 77.6 Å². The van der Waals surface area contributed by atoms with Gasteiger partial charge in [0.25, 0.3) is 0 Å². The number of esters is 1. The molecule has 0 saturated carbocycles. The van der Waals surface area contributed by atoms with Crippen LogP contribution in [0.25, 0.3) is 0 Å². The fourth-order valence-corrected chi connectivity index (χ4v) is 1.86. The van der Waals surface area contributed by atoms with Crippen molar-refractivity contribution in [2.75, 3.05) is 0 Å². The number of rotatable bonds is 13. The number of hydrogen-bond donors (Lipinski definition) is 1. The number of carboxylic acids is 1. The van der Waals surface area contributed by atoms with Gasteiger partial charge in [0.2, 0.25) is 0 Å². The molecule has 0 spiro atoms. The molecule has 0 heterocycles. The summed E-state index contributed by atoms with van der Waals surface area (Å²) in [6, 6.07) is 0. The molecule has 0 aliphatic carbocycles. The molecule has 0 amide bonds. The van der Waals surface area contributed by atoms with Gasteiger partial charge in [0.15, 0.2) is 0 Å². The van der Waals surface area contributed by atoms with Crippen molar-refractivity contribution in [1.82, 2.24) is 0 Å². The van der Waals surface area contributed by atoms with Crippen LogP contribution in [0.3, 0.4) is 0 Å². The fraction of sp³-hybridized carbons (Fsp3) is 0.750. The Morgan fingerprint density at radius 3 is 2.10 bits per heavy atom. The maximum atomic E-state index is 11.1. The van der Waals surface area contributed by atoms with E-state index in [0.29, 0.717) is 0 Å². The number of ether oxygens (including phenoxy) is 1. The molecule has 0 aliphatic rings. The Bertz CT molecular complexity index is 290. The molecule has 0 bridgehead atoms. The fourth-order valence-electron chi connectivity index (χ4n) is 1.86. The van der Waals surface area contributed by atoms with Gasteiger partial charge in [0.05, 0.1) is 19.1 Å². The summed E-state index contributed by atoms with van der Waals surface area (Å²) in [5.74, 6) is -1.47. The summed E-state index contributed by atoms with van der Waals surface area (Å²) in [6.45, 7) is 2.22. The zero-order valence-corrected chi connectivity index (χ0v) is 12.6. The van der Waals surface area contributed by atoms with Gasteiger partial charge in [0, 0.05) is 0 Å². The summed E-state index contributed by atoms with van der Waals surface area (Å²) in [5.41, 5.74) is 0. The number of aliphatic carboxylic acids is 1. The first-order valence-corrected chi connectivity index (χ1v) is 7.73. The Kier molecular flexibility index (Phi) is 19.9. The summed E-state index contributed by atoms with van der Waals surface area (Å²) in [6.07, 6.45) is 14.1. The first-order valence-electron chi connectivity index (χ1n) is 7.73. The van der Waals surface area contributed by atoms with E-state index < -0.39 is 11.9 Å². The molecular formula is C16H30CaO4. The van der Waals surface area contributed by atoms with Gasteiger partial charge in [-0.25, -0.2) is 0 Å². The Hall–Kier alpha value is -0.0603. The summed E-state index contributed by atoms with van der Waals surface area (Å²) < 4.78 is 4.78. The van der Waals surface area contributed by atoms with E-state index in [9.17, 15) is 9.59 Å². The number of carbonyl (C=O) groups is 2. The molecule has 0 atom stereocenters. The third kappa shape index (κ3) is 19.9. The van der Waals surface area contributed by atoms with Gasteiger partial charge in [-0.3, -0.25) is 9.59 Å². The van der Waals surface area contributed by atoms with Gasteiger partial charge in [-0.05, 0) is 18.9 Å². The van der Waals surface area contributed by atoms with E-state index in [2.05, 4.69) is 6.92 Å². The molecule has 0 aromatic heterocycles. The number of carbonyl (C=O) groups excluding carboxylic acids is 1. The number of carboxylic acid groups (broad SMARTS) is 1. The zero-order chi connectivity index (χ0) is 15.1. The van der Waals surface area contributed by atoms with Gasteiger partial charge in [0.1, 0.15) is 0 Å². The van der Waals surface area contributed by atoms with Gasteiger partial charge >= 0.3 is 49.7 Å². The molecule has 21 heavy (non-hydrogen) atoms. The molecular weight excluding hydrogens is 296 g/mol. The summed E-state index contributed by atoms with van der Waals surface area (Å²) >= 11 is 0. The minimum atomic E-state index is -0.982. The molecule has 0 rings (SSSR count). The molecule has 0 saturated heterocycles. The molecule has 1 N–H and O–H groups in total. The summed E-state index contributed by atoms with van der Waals surface area (Å²) in [4.78, 5) is 21.3. The monoisotopic (exact) mass is 326 g/mol. The summed E-state index contributed by atoms with van der Waals surface area (Å²) in [7, 11) is 0. The maximum absolute atomic E-state index is 11.1. The van der Waals surface area contributed by atoms with Crippen LogP contribution in [0.2, 0.25) is 0 Å². The van der Waals surface area contributed by atoms with Crippen LogP contribution in [0.15, 0.2) is 12.3 Å². The van der Waals surface area contributed by atoms with Crippen LogP contribution in [0.5, 0.6) is 0 Å². The molecule has 0 aliphatic heterocycles. The van der Waals surface area contributed by atoms with E-state index in [-0.39, 0.29) is 50.6 Å². The van der Waals surface area contributed by atoms with Crippen molar-refractivity contribution in [1.29, 1.82) is 0 Å². The zero-order valence-electron chi connectivity index (χ0n) is 12.6. The molecule has 0 aromatic carbocycles. The van der Waals surface area contributed by atoms with Crippen molar-refractivity contribution in [3.8, 4) is 0 Å².